The zero-order valence-electron chi connectivity index (χ0n) is 30.3. The Bertz CT molecular complexity index is 2250. The smallest absolute Gasteiger partial charge is 0 e. The number of hydrogen-bond donors (Lipinski definition) is 0. The summed E-state index contributed by atoms with van der Waals surface area (Å²) in [5, 5.41) is 0. The van der Waals surface area contributed by atoms with Gasteiger partial charge in [-0.05, 0) is 60.7 Å². The van der Waals surface area contributed by atoms with E-state index in [2.05, 4.69) is 31.4 Å². The zero-order valence-corrected chi connectivity index (χ0v) is 33.6. The van der Waals surface area contributed by atoms with E-state index >= 15 is 0 Å². The van der Waals surface area contributed by atoms with Crippen molar-refractivity contribution in [3.8, 4) is 11.4 Å². The van der Waals surface area contributed by atoms with Gasteiger partial charge in [-0.2, -0.15) is 52.7 Å². The Morgan fingerprint density at radius 1 is 0.406 bits per heavy atom. The molecule has 1 radical (unpaired) electrons. The summed E-state index contributed by atoms with van der Waals surface area (Å²) in [6.45, 7) is 0. The van der Waals surface area contributed by atoms with Crippen LogP contribution in [0.4, 0.5) is 95.4 Å². The molecule has 4 aromatic rings. The van der Waals surface area contributed by atoms with Crippen molar-refractivity contribution in [3.63, 3.8) is 0 Å². The maximum atomic E-state index is 13.4. The van der Waals surface area contributed by atoms with Crippen molar-refractivity contribution < 1.29 is 116 Å². The third-order valence-electron chi connectivity index (χ3n) is 7.07. The van der Waals surface area contributed by atoms with Gasteiger partial charge in [0.2, 0.25) is 0 Å². The van der Waals surface area contributed by atoms with Crippen molar-refractivity contribution in [1.82, 2.24) is 19.9 Å². The van der Waals surface area contributed by atoms with Crippen molar-refractivity contribution in [2.24, 2.45) is 0 Å². The Hall–Kier alpha value is -5.34. The van der Waals surface area contributed by atoms with Crippen molar-refractivity contribution in [2.45, 2.75) is 37.0 Å². The average molecular weight is 1150 g/mol. The zero-order chi connectivity index (χ0) is 48.0. The predicted molar refractivity (Wildman–Crippen MR) is 181 cm³/mol. The van der Waals surface area contributed by atoms with Gasteiger partial charge >= 0.3 is 57.7 Å². The molecule has 0 fully saturated rings. The first-order valence-corrected chi connectivity index (χ1v) is 18.1. The number of aromatic nitrogens is 4. The Morgan fingerprint density at radius 3 is 0.797 bits per heavy atom. The van der Waals surface area contributed by atoms with Crippen LogP contribution in [0, 0.1) is 0 Å². The first kappa shape index (κ1) is 54.8. The first-order valence-electron chi connectivity index (χ1n) is 16.0. The molecule has 2 aliphatic carbocycles. The van der Waals surface area contributed by atoms with Crippen LogP contribution in [0.15, 0.2) is 121 Å². The molecule has 0 aliphatic heterocycles. The van der Waals surface area contributed by atoms with E-state index in [9.17, 15) is 95.4 Å². The molecule has 2 atom stereocenters. The summed E-state index contributed by atoms with van der Waals surface area (Å²) < 4.78 is 259. The summed E-state index contributed by atoms with van der Waals surface area (Å²) in [4.78, 5) is 14.1. The van der Waals surface area contributed by atoms with Gasteiger partial charge in [-0.15, -0.1) is 11.5 Å². The van der Waals surface area contributed by atoms with Gasteiger partial charge in [0.25, 0.3) is 0 Å². The largest absolute Gasteiger partial charge is 0 e. The number of allylic oxidation sites excluding steroid dienone is 6. The second-order valence-electron chi connectivity index (χ2n) is 12.0. The topological polar surface area (TPSA) is 51.6 Å². The van der Waals surface area contributed by atoms with Gasteiger partial charge in [0.15, 0.2) is 12.3 Å². The van der Waals surface area contributed by atoms with Crippen LogP contribution in [0.2, 0.25) is 0 Å². The van der Waals surface area contributed by atoms with Crippen molar-refractivity contribution in [3.05, 3.63) is 154 Å². The van der Waals surface area contributed by atoms with Crippen LogP contribution >= 0.6 is 7.81 Å². The quantitative estimate of drug-likeness (QED) is 0.117. The molecule has 4 aromatic heterocycles. The van der Waals surface area contributed by atoms with Gasteiger partial charge in [0.05, 0.1) is 56.2 Å². The molecular formula is C36H18F22IrN4P-. The molecule has 351 valence electrons. The first-order chi connectivity index (χ1) is 28.4. The Morgan fingerprint density at radius 2 is 0.625 bits per heavy atom. The Balaban J connectivity index is 0.000000305. The van der Waals surface area contributed by atoms with Gasteiger partial charge in [-0.25, -0.2) is 17.6 Å². The maximum Gasteiger partial charge on any atom is 0 e. The molecule has 28 heteroatoms. The van der Waals surface area contributed by atoms with Gasteiger partial charge in [0.1, 0.15) is 11.7 Å². The minimum Gasteiger partial charge on any atom is 0 e. The summed E-state index contributed by atoms with van der Waals surface area (Å²) >= 11 is 0. The van der Waals surface area contributed by atoms with E-state index in [0.29, 0.717) is 36.9 Å². The fraction of sp³-hybridized carbons (Fsp3) is 0.167. The Kier molecular flexibility index (Phi) is 16.6. The summed E-state index contributed by atoms with van der Waals surface area (Å²) in [7, 11) is -10.7. The van der Waals surface area contributed by atoms with Crippen LogP contribution in [0.1, 0.15) is 33.6 Å². The van der Waals surface area contributed by atoms with E-state index in [1.165, 1.54) is 0 Å². The van der Waals surface area contributed by atoms with E-state index < -0.39 is 78.8 Å². The number of rotatable bonds is 3. The van der Waals surface area contributed by atoms with Crippen LogP contribution in [-0.2, 0) is 44.8 Å². The van der Waals surface area contributed by atoms with E-state index in [1.54, 1.807) is 0 Å². The number of pyridine rings is 4. The third-order valence-corrected chi connectivity index (χ3v) is 7.07. The van der Waals surface area contributed by atoms with Crippen LogP contribution < -0.4 is 0 Å². The molecule has 4 nitrogen and oxygen atoms in total. The van der Waals surface area contributed by atoms with Crippen LogP contribution in [-0.4, -0.2) is 32.3 Å². The normalized spacial score (nSPS) is 17.4. The van der Waals surface area contributed by atoms with E-state index in [0.717, 1.165) is 60.7 Å². The molecule has 0 spiro atoms. The van der Waals surface area contributed by atoms with Crippen molar-refractivity contribution >= 4 is 19.0 Å². The van der Waals surface area contributed by atoms with E-state index in [1.807, 2.05) is 0 Å². The molecular weight excluding hydrogens is 1130 g/mol. The summed E-state index contributed by atoms with van der Waals surface area (Å²) in [6, 6.07) is 7.34. The number of halogens is 22. The molecule has 0 saturated carbocycles. The molecule has 2 aliphatic rings. The van der Waals surface area contributed by atoms with Crippen LogP contribution in [0.3, 0.4) is 0 Å². The van der Waals surface area contributed by atoms with E-state index in [-0.39, 0.29) is 54.0 Å². The molecule has 4 heterocycles. The van der Waals surface area contributed by atoms with Crippen LogP contribution in [0.25, 0.3) is 22.5 Å². The van der Waals surface area contributed by atoms with Gasteiger partial charge in [0, 0.05) is 57.0 Å². The van der Waals surface area contributed by atoms with E-state index in [4.69, 9.17) is 0 Å². The average Bonchev–Trinajstić information content (AvgIpc) is 3.13. The fourth-order valence-corrected chi connectivity index (χ4v) is 4.29. The van der Waals surface area contributed by atoms with Crippen LogP contribution in [0.5, 0.6) is 0 Å². The fourth-order valence-electron chi connectivity index (χ4n) is 4.29. The predicted octanol–water partition coefficient (Wildman–Crippen LogP) is 15.2. The standard InChI is InChI=1S/C12H6F6N2.2C12H6F5N.F6P.Ir/c13-11(14,15)7-1-3-9(19-5-7)10-4-2-8(6-20-10)12(16,17)18;2*13-8-2-3-9(10(14)5-8)11-4-1-7(6-18-11)12(15,16)17;1-7(2,3,4,5)6;/h1-6H;2*1-2,4-6,10H;;/q;;;-1;. The molecule has 0 bridgehead atoms. The van der Waals surface area contributed by atoms with Crippen molar-refractivity contribution in [2.75, 3.05) is 0 Å². The number of nitrogens with zero attached hydrogens (tertiary/aromatic N) is 4. The second kappa shape index (κ2) is 19.4. The molecule has 2 unspecified atom stereocenters. The molecule has 0 aromatic carbocycles. The van der Waals surface area contributed by atoms with Gasteiger partial charge in [-0.1, -0.05) is 0 Å². The van der Waals surface area contributed by atoms with Gasteiger partial charge in [-0.3, -0.25) is 19.9 Å². The number of alkyl halides is 14. The Labute approximate surface area is 356 Å². The third kappa shape index (κ3) is 18.8. The summed E-state index contributed by atoms with van der Waals surface area (Å²) in [5.41, 5.74) is 0.848. The molecule has 0 saturated heterocycles. The number of hydrogen-bond acceptors (Lipinski definition) is 4. The monoisotopic (exact) mass is 1150 g/mol. The minimum absolute atomic E-state index is 0. The van der Waals surface area contributed by atoms with Gasteiger partial charge < -0.3 is 0 Å². The minimum atomic E-state index is -10.7. The summed E-state index contributed by atoms with van der Waals surface area (Å²) in [6.07, 6.45) is -15.9. The molecule has 64 heavy (non-hydrogen) atoms. The SMILES string of the molecule is FC(F)(F)c1ccc(-c2ccc(C(F)(F)F)cn2)nc1.FC1=CC(F)C(c2ccc(C(F)(F)F)cn2)=C=C1.FC1=CC(F)C(c2ccc(C(F)(F)F)cn2)=C=C1.F[P-](F)(F)(F)(F)F.[Ir]. The second-order valence-corrected chi connectivity index (χ2v) is 13.9. The molecule has 6 rings (SSSR count). The van der Waals surface area contributed by atoms with Crippen molar-refractivity contribution in [1.29, 1.82) is 0 Å². The summed E-state index contributed by atoms with van der Waals surface area (Å²) in [5.74, 6) is -1.56. The maximum absolute atomic E-state index is 13.4. The molecule has 0 N–H and O–H groups in total. The molecule has 0 amide bonds.